The first kappa shape index (κ1) is 13.1. The highest BCUT2D eigenvalue weighted by Crippen LogP contribution is 2.16. The van der Waals surface area contributed by atoms with Gasteiger partial charge in [0, 0.05) is 23.9 Å². The van der Waals surface area contributed by atoms with Crippen molar-refractivity contribution in [3.05, 3.63) is 46.4 Å². The Kier molecular flexibility index (Phi) is 4.38. The Morgan fingerprint density at radius 3 is 2.67 bits per heavy atom. The second kappa shape index (κ2) is 6.02. The minimum atomic E-state index is -0.0369. The molecule has 1 amide bonds. The largest absolute Gasteiger partial charge is 0.336 e. The molecule has 0 fully saturated rings. The molecule has 18 heavy (non-hydrogen) atoms. The maximum Gasteiger partial charge on any atom is 0.273 e. The first-order chi connectivity index (χ1) is 8.70. The molecular formula is C13H14N2OS2. The lowest BCUT2D eigenvalue weighted by Gasteiger charge is -2.16. The van der Waals surface area contributed by atoms with Crippen molar-refractivity contribution in [1.29, 1.82) is 0 Å². The van der Waals surface area contributed by atoms with Gasteiger partial charge in [0.2, 0.25) is 0 Å². The zero-order chi connectivity index (χ0) is 13.0. The van der Waals surface area contributed by atoms with E-state index in [9.17, 15) is 4.79 Å². The highest BCUT2D eigenvalue weighted by Gasteiger charge is 2.13. The molecule has 0 aliphatic rings. The predicted octanol–water partition coefficient (Wildman–Crippen LogP) is 3.14. The fourth-order valence-corrected chi connectivity index (χ4v) is 2.52. The van der Waals surface area contributed by atoms with Gasteiger partial charge in [0.15, 0.2) is 0 Å². The fourth-order valence-electron chi connectivity index (χ4n) is 1.59. The van der Waals surface area contributed by atoms with Gasteiger partial charge in [0.05, 0.1) is 5.51 Å². The Bertz CT molecular complexity index is 508. The second-order valence-corrected chi connectivity index (χ2v) is 5.48. The second-order valence-electron chi connectivity index (χ2n) is 3.88. The number of amides is 1. The van der Waals surface area contributed by atoms with Crippen LogP contribution in [0.2, 0.25) is 0 Å². The van der Waals surface area contributed by atoms with Crippen LogP contribution in [0.1, 0.15) is 16.1 Å². The summed E-state index contributed by atoms with van der Waals surface area (Å²) in [4.78, 5) is 18.9. The van der Waals surface area contributed by atoms with Crippen LogP contribution in [0.4, 0.5) is 0 Å². The number of hydrogen-bond acceptors (Lipinski definition) is 4. The monoisotopic (exact) mass is 278 g/mol. The lowest BCUT2D eigenvalue weighted by molar-refractivity contribution is 0.0780. The molecule has 2 aromatic rings. The van der Waals surface area contributed by atoms with Crippen molar-refractivity contribution >= 4 is 29.0 Å². The topological polar surface area (TPSA) is 33.2 Å². The summed E-state index contributed by atoms with van der Waals surface area (Å²) in [7, 11) is 1.80. The highest BCUT2D eigenvalue weighted by molar-refractivity contribution is 7.98. The summed E-state index contributed by atoms with van der Waals surface area (Å²) in [5.74, 6) is -0.0369. The number of thioether (sulfide) groups is 1. The number of rotatable bonds is 4. The molecule has 0 aliphatic carbocycles. The molecule has 0 saturated carbocycles. The summed E-state index contributed by atoms with van der Waals surface area (Å²) in [6.45, 7) is 0.602. The smallest absolute Gasteiger partial charge is 0.273 e. The van der Waals surface area contributed by atoms with Crippen LogP contribution in [0.5, 0.6) is 0 Å². The Labute approximate surface area is 115 Å². The van der Waals surface area contributed by atoms with Gasteiger partial charge in [-0.05, 0) is 24.0 Å². The zero-order valence-electron chi connectivity index (χ0n) is 10.3. The molecule has 0 spiro atoms. The Morgan fingerprint density at radius 1 is 1.39 bits per heavy atom. The molecule has 0 unspecified atom stereocenters. The minimum absolute atomic E-state index is 0.0369. The van der Waals surface area contributed by atoms with Gasteiger partial charge in [0.1, 0.15) is 5.69 Å². The SMILES string of the molecule is CSc1ccc(CN(C)C(=O)c2cscn2)cc1. The third-order valence-corrected chi connectivity index (χ3v) is 3.91. The van der Waals surface area contributed by atoms with E-state index in [2.05, 4.69) is 29.2 Å². The number of benzene rings is 1. The van der Waals surface area contributed by atoms with Gasteiger partial charge in [-0.2, -0.15) is 0 Å². The average molecular weight is 278 g/mol. The van der Waals surface area contributed by atoms with Crippen LogP contribution in [0.15, 0.2) is 40.1 Å². The molecule has 94 valence electrons. The summed E-state index contributed by atoms with van der Waals surface area (Å²) < 4.78 is 0. The molecule has 2 rings (SSSR count). The fraction of sp³-hybridized carbons (Fsp3) is 0.231. The normalized spacial score (nSPS) is 10.3. The maximum absolute atomic E-state index is 12.0. The van der Waals surface area contributed by atoms with Crippen molar-refractivity contribution in [2.45, 2.75) is 11.4 Å². The molecule has 1 aromatic heterocycles. The van der Waals surface area contributed by atoms with E-state index in [4.69, 9.17) is 0 Å². The number of carbonyl (C=O) groups is 1. The number of nitrogens with zero attached hydrogens (tertiary/aromatic N) is 2. The lowest BCUT2D eigenvalue weighted by Crippen LogP contribution is -2.26. The van der Waals surface area contributed by atoms with Gasteiger partial charge < -0.3 is 4.90 Å². The van der Waals surface area contributed by atoms with Gasteiger partial charge in [-0.1, -0.05) is 12.1 Å². The van der Waals surface area contributed by atoms with E-state index in [-0.39, 0.29) is 5.91 Å². The summed E-state index contributed by atoms with van der Waals surface area (Å²) in [6.07, 6.45) is 2.05. The van der Waals surface area contributed by atoms with Crippen LogP contribution < -0.4 is 0 Å². The first-order valence-electron chi connectivity index (χ1n) is 5.47. The molecule has 0 N–H and O–H groups in total. The highest BCUT2D eigenvalue weighted by atomic mass is 32.2. The van der Waals surface area contributed by atoms with E-state index in [1.165, 1.54) is 16.2 Å². The number of thiazole rings is 1. The first-order valence-corrected chi connectivity index (χ1v) is 7.64. The van der Waals surface area contributed by atoms with Crippen LogP contribution in [-0.4, -0.2) is 29.1 Å². The molecule has 0 aliphatic heterocycles. The third kappa shape index (κ3) is 3.11. The summed E-state index contributed by atoms with van der Waals surface area (Å²) in [5, 5.41) is 1.77. The Balaban J connectivity index is 2.02. The molecule has 0 atom stereocenters. The van der Waals surface area contributed by atoms with Crippen molar-refractivity contribution in [3.63, 3.8) is 0 Å². The van der Waals surface area contributed by atoms with Gasteiger partial charge >= 0.3 is 0 Å². The van der Waals surface area contributed by atoms with Gasteiger partial charge in [-0.15, -0.1) is 23.1 Å². The van der Waals surface area contributed by atoms with Crippen molar-refractivity contribution in [2.75, 3.05) is 13.3 Å². The van der Waals surface area contributed by atoms with Crippen LogP contribution in [0, 0.1) is 0 Å². The molecule has 0 saturated heterocycles. The van der Waals surface area contributed by atoms with E-state index in [0.29, 0.717) is 12.2 Å². The molecule has 1 heterocycles. The van der Waals surface area contributed by atoms with Crippen molar-refractivity contribution in [1.82, 2.24) is 9.88 Å². The molecule has 0 bridgehead atoms. The van der Waals surface area contributed by atoms with Crippen LogP contribution in [-0.2, 0) is 6.54 Å². The van der Waals surface area contributed by atoms with E-state index in [0.717, 1.165) is 5.56 Å². The predicted molar refractivity (Wildman–Crippen MR) is 76.1 cm³/mol. The molecular weight excluding hydrogens is 264 g/mol. The number of aromatic nitrogens is 1. The third-order valence-electron chi connectivity index (χ3n) is 2.58. The minimum Gasteiger partial charge on any atom is -0.336 e. The van der Waals surface area contributed by atoms with Crippen molar-refractivity contribution in [2.24, 2.45) is 0 Å². The van der Waals surface area contributed by atoms with Crippen molar-refractivity contribution in [3.8, 4) is 0 Å². The molecule has 1 aromatic carbocycles. The molecule has 3 nitrogen and oxygen atoms in total. The van der Waals surface area contributed by atoms with E-state index in [1.807, 2.05) is 6.26 Å². The average Bonchev–Trinajstić information content (AvgIpc) is 2.92. The van der Waals surface area contributed by atoms with Crippen LogP contribution in [0.3, 0.4) is 0 Å². The van der Waals surface area contributed by atoms with Crippen LogP contribution in [0.25, 0.3) is 0 Å². The summed E-state index contributed by atoms with van der Waals surface area (Å²) in [6, 6.07) is 8.25. The summed E-state index contributed by atoms with van der Waals surface area (Å²) in [5.41, 5.74) is 3.32. The van der Waals surface area contributed by atoms with Crippen molar-refractivity contribution < 1.29 is 4.79 Å². The zero-order valence-corrected chi connectivity index (χ0v) is 11.9. The van der Waals surface area contributed by atoms with Gasteiger partial charge in [-0.25, -0.2) is 4.98 Å². The van der Waals surface area contributed by atoms with Gasteiger partial charge in [0.25, 0.3) is 5.91 Å². The van der Waals surface area contributed by atoms with E-state index in [1.54, 1.807) is 34.6 Å². The van der Waals surface area contributed by atoms with E-state index >= 15 is 0 Å². The Hall–Kier alpha value is -1.33. The standard InChI is InChI=1S/C13H14N2OS2/c1-15(13(16)12-8-18-9-14-12)7-10-3-5-11(17-2)6-4-10/h3-6,8-9H,7H2,1-2H3. The lowest BCUT2D eigenvalue weighted by atomic mass is 10.2. The molecule has 5 heteroatoms. The van der Waals surface area contributed by atoms with Gasteiger partial charge in [-0.3, -0.25) is 4.79 Å². The number of hydrogen-bond donors (Lipinski definition) is 0. The molecule has 0 radical (unpaired) electrons. The quantitative estimate of drug-likeness (QED) is 0.806. The maximum atomic E-state index is 12.0. The number of carbonyl (C=O) groups excluding carboxylic acids is 1. The van der Waals surface area contributed by atoms with E-state index < -0.39 is 0 Å². The summed E-state index contributed by atoms with van der Waals surface area (Å²) >= 11 is 3.15. The Morgan fingerprint density at radius 2 is 2.11 bits per heavy atom. The van der Waals surface area contributed by atoms with Crippen LogP contribution >= 0.6 is 23.1 Å².